The first-order valence-corrected chi connectivity index (χ1v) is 6.08. The average Bonchev–Trinajstić information content (AvgIpc) is 2.63. The van der Waals surface area contributed by atoms with E-state index in [1.807, 2.05) is 42.5 Å². The summed E-state index contributed by atoms with van der Waals surface area (Å²) in [6.45, 7) is 0. The summed E-state index contributed by atoms with van der Waals surface area (Å²) in [7, 11) is 0. The van der Waals surface area contributed by atoms with E-state index in [1.165, 1.54) is 0 Å². The number of imide groups is 1. The minimum atomic E-state index is -0.830. The summed E-state index contributed by atoms with van der Waals surface area (Å²) < 4.78 is 0. The Morgan fingerprint density at radius 1 is 0.944 bits per heavy atom. The molecule has 0 spiro atoms. The van der Waals surface area contributed by atoms with Gasteiger partial charge < -0.3 is 0 Å². The minimum Gasteiger partial charge on any atom is -0.295 e. The van der Waals surface area contributed by atoms with Crippen LogP contribution in [0.15, 0.2) is 42.5 Å². The van der Waals surface area contributed by atoms with Gasteiger partial charge in [0.2, 0.25) is 11.8 Å². The number of fused-ring (bicyclic) bond motifs is 1. The third kappa shape index (κ3) is 1.59. The minimum absolute atomic E-state index is 0.323. The number of alkyl halides is 1. The Labute approximate surface area is 109 Å². The Bertz CT molecular complexity index is 648. The first-order valence-electron chi connectivity index (χ1n) is 5.65. The number of hydrogen-bond acceptors (Lipinski definition) is 2. The van der Waals surface area contributed by atoms with Gasteiger partial charge >= 0.3 is 0 Å². The van der Waals surface area contributed by atoms with Crippen LogP contribution in [0.4, 0.5) is 0 Å². The second-order valence-corrected chi connectivity index (χ2v) is 4.77. The topological polar surface area (TPSA) is 46.2 Å². The van der Waals surface area contributed by atoms with Gasteiger partial charge in [0.1, 0.15) is 5.38 Å². The second kappa shape index (κ2) is 4.10. The van der Waals surface area contributed by atoms with E-state index in [9.17, 15) is 9.59 Å². The lowest BCUT2D eigenvalue weighted by atomic mass is 9.92. The fraction of sp³-hybridized carbons (Fsp3) is 0.143. The van der Waals surface area contributed by atoms with Crippen molar-refractivity contribution in [1.82, 2.24) is 5.32 Å². The molecule has 1 aliphatic heterocycles. The molecule has 0 aromatic heterocycles. The van der Waals surface area contributed by atoms with Crippen LogP contribution in [-0.4, -0.2) is 17.2 Å². The monoisotopic (exact) mass is 259 g/mol. The van der Waals surface area contributed by atoms with E-state index in [0.717, 1.165) is 16.3 Å². The van der Waals surface area contributed by atoms with Gasteiger partial charge in [0.15, 0.2) is 0 Å². The van der Waals surface area contributed by atoms with Crippen molar-refractivity contribution in [1.29, 1.82) is 0 Å². The SMILES string of the molecule is O=C1NC(=O)C(c2cccc3ccccc23)C1Cl. The lowest BCUT2D eigenvalue weighted by Gasteiger charge is -2.13. The summed E-state index contributed by atoms with van der Waals surface area (Å²) >= 11 is 6.03. The zero-order chi connectivity index (χ0) is 12.7. The molecule has 90 valence electrons. The smallest absolute Gasteiger partial charge is 0.245 e. The van der Waals surface area contributed by atoms with Crippen LogP contribution in [0.3, 0.4) is 0 Å². The lowest BCUT2D eigenvalue weighted by molar-refractivity contribution is -0.125. The van der Waals surface area contributed by atoms with Crippen LogP contribution in [-0.2, 0) is 9.59 Å². The number of carbonyl (C=O) groups excluding carboxylic acids is 2. The normalized spacial score (nSPS) is 23.4. The van der Waals surface area contributed by atoms with Crippen LogP contribution in [0.1, 0.15) is 11.5 Å². The third-order valence-corrected chi connectivity index (χ3v) is 3.68. The Morgan fingerprint density at radius 2 is 1.67 bits per heavy atom. The van der Waals surface area contributed by atoms with E-state index in [4.69, 9.17) is 11.6 Å². The highest BCUT2D eigenvalue weighted by Gasteiger charge is 2.41. The van der Waals surface area contributed by atoms with Crippen LogP contribution in [0.25, 0.3) is 10.8 Å². The highest BCUT2D eigenvalue weighted by molar-refractivity contribution is 6.37. The largest absolute Gasteiger partial charge is 0.295 e. The maximum atomic E-state index is 11.8. The summed E-state index contributed by atoms with van der Waals surface area (Å²) in [5.74, 6) is -1.35. The van der Waals surface area contributed by atoms with Gasteiger partial charge in [-0.1, -0.05) is 42.5 Å². The first kappa shape index (κ1) is 11.2. The van der Waals surface area contributed by atoms with Crippen molar-refractivity contribution in [2.24, 2.45) is 0 Å². The van der Waals surface area contributed by atoms with Crippen molar-refractivity contribution in [3.8, 4) is 0 Å². The fourth-order valence-electron chi connectivity index (χ4n) is 2.37. The number of halogens is 1. The lowest BCUT2D eigenvalue weighted by Crippen LogP contribution is -2.22. The quantitative estimate of drug-likeness (QED) is 0.630. The molecule has 1 aliphatic rings. The predicted molar refractivity (Wildman–Crippen MR) is 69.5 cm³/mol. The number of benzene rings is 2. The molecule has 0 bridgehead atoms. The molecule has 4 heteroatoms. The Hall–Kier alpha value is -1.87. The summed E-state index contributed by atoms with van der Waals surface area (Å²) in [5.41, 5.74) is 0.802. The van der Waals surface area contributed by atoms with Gasteiger partial charge in [-0.15, -0.1) is 11.6 Å². The number of hydrogen-bond donors (Lipinski definition) is 1. The van der Waals surface area contributed by atoms with Gasteiger partial charge in [0, 0.05) is 0 Å². The van der Waals surface area contributed by atoms with E-state index in [2.05, 4.69) is 5.32 Å². The van der Waals surface area contributed by atoms with E-state index >= 15 is 0 Å². The van der Waals surface area contributed by atoms with Gasteiger partial charge in [-0.25, -0.2) is 0 Å². The molecule has 2 aromatic rings. The molecule has 1 heterocycles. The molecule has 2 amide bonds. The molecule has 1 N–H and O–H groups in total. The van der Waals surface area contributed by atoms with E-state index < -0.39 is 17.2 Å². The molecule has 0 aliphatic carbocycles. The maximum absolute atomic E-state index is 11.8. The standard InChI is InChI=1S/C14H10ClNO2/c15-12-11(13(17)16-14(12)18)10-7-3-5-8-4-1-2-6-9(8)10/h1-7,11-12H,(H,16,17,18). The molecule has 2 aromatic carbocycles. The van der Waals surface area contributed by atoms with Crippen molar-refractivity contribution >= 4 is 34.2 Å². The van der Waals surface area contributed by atoms with Crippen molar-refractivity contribution in [2.75, 3.05) is 0 Å². The van der Waals surface area contributed by atoms with Gasteiger partial charge in [-0.2, -0.15) is 0 Å². The molecule has 3 nitrogen and oxygen atoms in total. The fourth-order valence-corrected chi connectivity index (χ4v) is 2.68. The number of carbonyl (C=O) groups is 2. The summed E-state index contributed by atoms with van der Waals surface area (Å²) in [6, 6.07) is 13.4. The summed E-state index contributed by atoms with van der Waals surface area (Å²) in [4.78, 5) is 23.3. The van der Waals surface area contributed by atoms with Crippen molar-refractivity contribution in [2.45, 2.75) is 11.3 Å². The highest BCUT2D eigenvalue weighted by atomic mass is 35.5. The van der Waals surface area contributed by atoms with E-state index in [1.54, 1.807) is 0 Å². The number of amides is 2. The predicted octanol–water partition coefficient (Wildman–Crippen LogP) is 2.19. The molecular formula is C14H10ClNO2. The molecule has 0 saturated carbocycles. The molecule has 2 atom stereocenters. The second-order valence-electron chi connectivity index (χ2n) is 4.30. The molecule has 1 saturated heterocycles. The number of nitrogens with one attached hydrogen (secondary N) is 1. The Kier molecular flexibility index (Phi) is 2.56. The van der Waals surface area contributed by atoms with Crippen LogP contribution < -0.4 is 5.32 Å². The molecule has 18 heavy (non-hydrogen) atoms. The molecule has 0 radical (unpaired) electrons. The van der Waals surface area contributed by atoms with E-state index in [-0.39, 0.29) is 5.91 Å². The van der Waals surface area contributed by atoms with Gasteiger partial charge in [0.25, 0.3) is 0 Å². The third-order valence-electron chi connectivity index (χ3n) is 3.23. The van der Waals surface area contributed by atoms with Gasteiger partial charge in [-0.05, 0) is 16.3 Å². The van der Waals surface area contributed by atoms with Crippen LogP contribution >= 0.6 is 11.6 Å². The molecular weight excluding hydrogens is 250 g/mol. The zero-order valence-corrected chi connectivity index (χ0v) is 10.1. The highest BCUT2D eigenvalue weighted by Crippen LogP contribution is 2.33. The summed E-state index contributed by atoms with van der Waals surface area (Å²) in [5, 5.41) is 3.43. The molecule has 2 unspecified atom stereocenters. The summed E-state index contributed by atoms with van der Waals surface area (Å²) in [6.07, 6.45) is 0. The first-order chi connectivity index (χ1) is 8.68. The van der Waals surface area contributed by atoms with Crippen LogP contribution in [0, 0.1) is 0 Å². The average molecular weight is 260 g/mol. The van der Waals surface area contributed by atoms with Crippen molar-refractivity contribution in [3.05, 3.63) is 48.0 Å². The Morgan fingerprint density at radius 3 is 2.39 bits per heavy atom. The zero-order valence-electron chi connectivity index (χ0n) is 9.39. The maximum Gasteiger partial charge on any atom is 0.245 e. The van der Waals surface area contributed by atoms with Crippen molar-refractivity contribution in [3.63, 3.8) is 0 Å². The molecule has 3 rings (SSSR count). The van der Waals surface area contributed by atoms with E-state index in [0.29, 0.717) is 0 Å². The van der Waals surface area contributed by atoms with Gasteiger partial charge in [0.05, 0.1) is 5.92 Å². The van der Waals surface area contributed by atoms with Gasteiger partial charge in [-0.3, -0.25) is 14.9 Å². The molecule has 1 fully saturated rings. The van der Waals surface area contributed by atoms with Crippen LogP contribution in [0.2, 0.25) is 0 Å². The van der Waals surface area contributed by atoms with Crippen molar-refractivity contribution < 1.29 is 9.59 Å². The van der Waals surface area contributed by atoms with Crippen LogP contribution in [0.5, 0.6) is 0 Å². The Balaban J connectivity index is 2.20. The number of rotatable bonds is 1.